The molecule has 2 aromatic rings. The summed E-state index contributed by atoms with van der Waals surface area (Å²) < 4.78 is 2.15. The van der Waals surface area contributed by atoms with Crippen molar-refractivity contribution in [2.45, 2.75) is 18.8 Å². The minimum absolute atomic E-state index is 0.109. The highest BCUT2D eigenvalue weighted by atomic mass is 16.1. The molecule has 1 saturated carbocycles. The average Bonchev–Trinajstić information content (AvgIpc) is 3.15. The van der Waals surface area contributed by atoms with Crippen LogP contribution >= 0.6 is 0 Å². The van der Waals surface area contributed by atoms with Gasteiger partial charge in [0.2, 0.25) is 0 Å². The standard InChI is InChI=1S/C14H17N3O/c1-15-8-13(18)10-5-6-12-11(7-10)16-14(17(12)2)9-3-4-9/h5-7,9,15H,3-4,8H2,1-2H3. The van der Waals surface area contributed by atoms with Gasteiger partial charge in [-0.3, -0.25) is 4.79 Å². The lowest BCUT2D eigenvalue weighted by molar-refractivity contribution is 0.0993. The number of rotatable bonds is 4. The second-order valence-electron chi connectivity index (χ2n) is 4.96. The zero-order valence-electron chi connectivity index (χ0n) is 10.7. The summed E-state index contributed by atoms with van der Waals surface area (Å²) >= 11 is 0. The molecule has 0 amide bonds. The zero-order valence-corrected chi connectivity index (χ0v) is 10.7. The number of carbonyl (C=O) groups excluding carboxylic acids is 1. The van der Waals surface area contributed by atoms with E-state index in [0.717, 1.165) is 22.4 Å². The number of carbonyl (C=O) groups is 1. The van der Waals surface area contributed by atoms with Gasteiger partial charge >= 0.3 is 0 Å². The molecule has 1 fully saturated rings. The van der Waals surface area contributed by atoms with Crippen LogP contribution in [-0.4, -0.2) is 28.9 Å². The first kappa shape index (κ1) is 11.4. The van der Waals surface area contributed by atoms with E-state index in [0.29, 0.717) is 12.5 Å². The zero-order chi connectivity index (χ0) is 12.7. The molecule has 3 rings (SSSR count). The number of nitrogens with one attached hydrogen (secondary N) is 1. The van der Waals surface area contributed by atoms with Gasteiger partial charge in [0.05, 0.1) is 17.6 Å². The van der Waals surface area contributed by atoms with E-state index in [9.17, 15) is 4.79 Å². The molecule has 0 aliphatic heterocycles. The van der Waals surface area contributed by atoms with Gasteiger partial charge in [0, 0.05) is 18.5 Å². The number of Topliss-reactive ketones (excluding diaryl/α,β-unsaturated/α-hetero) is 1. The summed E-state index contributed by atoms with van der Waals surface area (Å²) in [5, 5.41) is 2.88. The Kier molecular flexibility index (Phi) is 2.67. The summed E-state index contributed by atoms with van der Waals surface area (Å²) in [6.45, 7) is 0.369. The molecule has 4 heteroatoms. The van der Waals surface area contributed by atoms with Crippen LogP contribution in [0.2, 0.25) is 0 Å². The fraction of sp³-hybridized carbons (Fsp3) is 0.429. The molecule has 1 heterocycles. The molecule has 1 aliphatic rings. The molecular weight excluding hydrogens is 226 g/mol. The second-order valence-corrected chi connectivity index (χ2v) is 4.96. The Balaban J connectivity index is 2.04. The van der Waals surface area contributed by atoms with E-state index in [1.54, 1.807) is 7.05 Å². The summed E-state index contributed by atoms with van der Waals surface area (Å²) in [4.78, 5) is 16.5. The lowest BCUT2D eigenvalue weighted by Gasteiger charge is -2.01. The summed E-state index contributed by atoms with van der Waals surface area (Å²) in [6, 6.07) is 5.79. The summed E-state index contributed by atoms with van der Waals surface area (Å²) in [7, 11) is 3.83. The number of imidazole rings is 1. The summed E-state index contributed by atoms with van der Waals surface area (Å²) in [6.07, 6.45) is 2.48. The maximum atomic E-state index is 11.8. The third-order valence-electron chi connectivity index (χ3n) is 3.52. The van der Waals surface area contributed by atoms with Gasteiger partial charge in [0.25, 0.3) is 0 Å². The predicted octanol–water partition coefficient (Wildman–Crippen LogP) is 1.85. The topological polar surface area (TPSA) is 46.9 Å². The van der Waals surface area contributed by atoms with Crippen LogP contribution in [0.5, 0.6) is 0 Å². The number of likely N-dealkylation sites (N-methyl/N-ethyl adjacent to an activating group) is 1. The minimum atomic E-state index is 0.109. The average molecular weight is 243 g/mol. The van der Waals surface area contributed by atoms with Crippen molar-refractivity contribution in [3.05, 3.63) is 29.6 Å². The second kappa shape index (κ2) is 4.21. The van der Waals surface area contributed by atoms with Crippen LogP contribution in [-0.2, 0) is 7.05 Å². The third kappa shape index (κ3) is 1.82. The first-order valence-electron chi connectivity index (χ1n) is 6.35. The van der Waals surface area contributed by atoms with Crippen LogP contribution in [0, 0.1) is 0 Å². The molecule has 1 aliphatic carbocycles. The molecule has 0 radical (unpaired) electrons. The Morgan fingerprint density at radius 2 is 2.28 bits per heavy atom. The van der Waals surface area contributed by atoms with Crippen molar-refractivity contribution < 1.29 is 4.79 Å². The van der Waals surface area contributed by atoms with E-state index in [4.69, 9.17) is 0 Å². The van der Waals surface area contributed by atoms with Gasteiger partial charge in [-0.2, -0.15) is 0 Å². The lowest BCUT2D eigenvalue weighted by Crippen LogP contribution is -2.18. The van der Waals surface area contributed by atoms with Crippen molar-refractivity contribution in [3.63, 3.8) is 0 Å². The number of aromatic nitrogens is 2. The summed E-state index contributed by atoms with van der Waals surface area (Å²) in [5.74, 6) is 1.89. The SMILES string of the molecule is CNCC(=O)c1ccc2c(c1)nc(C1CC1)n2C. The summed E-state index contributed by atoms with van der Waals surface area (Å²) in [5.41, 5.74) is 2.77. The highest BCUT2D eigenvalue weighted by Crippen LogP contribution is 2.40. The largest absolute Gasteiger partial charge is 0.331 e. The van der Waals surface area contributed by atoms with Crippen molar-refractivity contribution in [1.82, 2.24) is 14.9 Å². The van der Waals surface area contributed by atoms with Crippen molar-refractivity contribution >= 4 is 16.8 Å². The van der Waals surface area contributed by atoms with Crippen LogP contribution in [0.1, 0.15) is 34.9 Å². The minimum Gasteiger partial charge on any atom is -0.331 e. The van der Waals surface area contributed by atoms with Crippen LogP contribution in [0.4, 0.5) is 0 Å². The molecule has 0 bridgehead atoms. The van der Waals surface area contributed by atoms with Crippen LogP contribution < -0.4 is 5.32 Å². The molecule has 18 heavy (non-hydrogen) atoms. The Bertz CT molecular complexity index is 611. The van der Waals surface area contributed by atoms with E-state index < -0.39 is 0 Å². The number of hydrogen-bond donors (Lipinski definition) is 1. The molecule has 0 unspecified atom stereocenters. The maximum absolute atomic E-state index is 11.8. The van der Waals surface area contributed by atoms with Crippen molar-refractivity contribution in [1.29, 1.82) is 0 Å². The first-order chi connectivity index (χ1) is 8.70. The van der Waals surface area contributed by atoms with Gasteiger partial charge in [-0.1, -0.05) is 0 Å². The maximum Gasteiger partial charge on any atom is 0.176 e. The van der Waals surface area contributed by atoms with E-state index in [2.05, 4.69) is 21.9 Å². The lowest BCUT2D eigenvalue weighted by atomic mass is 10.1. The molecule has 94 valence electrons. The Hall–Kier alpha value is -1.68. The molecule has 1 aromatic heterocycles. The smallest absolute Gasteiger partial charge is 0.176 e. The molecule has 0 atom stereocenters. The highest BCUT2D eigenvalue weighted by Gasteiger charge is 2.28. The molecule has 4 nitrogen and oxygen atoms in total. The number of fused-ring (bicyclic) bond motifs is 1. The van der Waals surface area contributed by atoms with Gasteiger partial charge in [0.15, 0.2) is 5.78 Å². The van der Waals surface area contributed by atoms with Crippen molar-refractivity contribution in [2.24, 2.45) is 7.05 Å². The fourth-order valence-electron chi connectivity index (χ4n) is 2.36. The normalized spacial score (nSPS) is 15.2. The Labute approximate surface area is 106 Å². The predicted molar refractivity (Wildman–Crippen MR) is 70.9 cm³/mol. The Morgan fingerprint density at radius 3 is 2.94 bits per heavy atom. The van der Waals surface area contributed by atoms with E-state index >= 15 is 0 Å². The number of ketones is 1. The van der Waals surface area contributed by atoms with Crippen LogP contribution in [0.3, 0.4) is 0 Å². The van der Waals surface area contributed by atoms with Gasteiger partial charge in [-0.15, -0.1) is 0 Å². The van der Waals surface area contributed by atoms with Crippen molar-refractivity contribution in [3.8, 4) is 0 Å². The van der Waals surface area contributed by atoms with Gasteiger partial charge in [0.1, 0.15) is 5.82 Å². The molecule has 0 spiro atoms. The van der Waals surface area contributed by atoms with Crippen molar-refractivity contribution in [2.75, 3.05) is 13.6 Å². The highest BCUT2D eigenvalue weighted by molar-refractivity contribution is 6.00. The van der Waals surface area contributed by atoms with Crippen LogP contribution in [0.15, 0.2) is 18.2 Å². The third-order valence-corrected chi connectivity index (χ3v) is 3.52. The number of aryl methyl sites for hydroxylation is 1. The number of nitrogens with zero attached hydrogens (tertiary/aromatic N) is 2. The van der Waals surface area contributed by atoms with Gasteiger partial charge < -0.3 is 9.88 Å². The monoisotopic (exact) mass is 243 g/mol. The first-order valence-corrected chi connectivity index (χ1v) is 6.35. The van der Waals surface area contributed by atoms with Gasteiger partial charge in [-0.25, -0.2) is 4.98 Å². The van der Waals surface area contributed by atoms with E-state index in [1.807, 2.05) is 18.2 Å². The van der Waals surface area contributed by atoms with Crippen LogP contribution in [0.25, 0.3) is 11.0 Å². The quantitative estimate of drug-likeness (QED) is 0.834. The Morgan fingerprint density at radius 1 is 1.50 bits per heavy atom. The van der Waals surface area contributed by atoms with Gasteiger partial charge in [-0.05, 0) is 38.1 Å². The molecule has 0 saturated heterocycles. The molecule has 1 N–H and O–H groups in total. The van der Waals surface area contributed by atoms with E-state index in [1.165, 1.54) is 12.8 Å². The molecule has 1 aromatic carbocycles. The molecular formula is C14H17N3O. The number of benzene rings is 1. The number of hydrogen-bond acceptors (Lipinski definition) is 3. The fourth-order valence-corrected chi connectivity index (χ4v) is 2.36. The van der Waals surface area contributed by atoms with E-state index in [-0.39, 0.29) is 5.78 Å².